The van der Waals surface area contributed by atoms with E-state index in [1.807, 2.05) is 0 Å². The van der Waals surface area contributed by atoms with Crippen LogP contribution in [0, 0.1) is 10.8 Å². The zero-order valence-electron chi connectivity index (χ0n) is 14.6. The second-order valence-corrected chi connectivity index (χ2v) is 7.40. The number of alkyl halides is 6. The first kappa shape index (κ1) is 23.3. The number of hydrogen-bond donors (Lipinski definition) is 1. The summed E-state index contributed by atoms with van der Waals surface area (Å²) >= 11 is 0. The summed E-state index contributed by atoms with van der Waals surface area (Å²) in [4.78, 5) is 13.3. The minimum atomic E-state index is -5.50. The van der Waals surface area contributed by atoms with Gasteiger partial charge in [-0.2, -0.15) is 26.3 Å². The first-order valence-electron chi connectivity index (χ1n) is 7.97. The Morgan fingerprint density at radius 2 is 1.69 bits per heavy atom. The van der Waals surface area contributed by atoms with E-state index in [4.69, 9.17) is 10.5 Å². The first-order valence-corrected chi connectivity index (χ1v) is 7.97. The van der Waals surface area contributed by atoms with Crippen molar-refractivity contribution in [3.05, 3.63) is 0 Å². The summed E-state index contributed by atoms with van der Waals surface area (Å²) in [5.74, 6) is -0.885. The number of likely N-dealkylation sites (tertiary alicyclic amines) is 1. The lowest BCUT2D eigenvalue weighted by atomic mass is 9.54. The van der Waals surface area contributed by atoms with Crippen molar-refractivity contribution in [2.24, 2.45) is 16.6 Å². The highest BCUT2D eigenvalue weighted by Gasteiger charge is 2.74. The molecule has 4 nitrogen and oxygen atoms in total. The quantitative estimate of drug-likeness (QED) is 0.724. The monoisotopic (exact) mass is 412 g/mol. The van der Waals surface area contributed by atoms with Gasteiger partial charge in [-0.1, -0.05) is 13.8 Å². The molecule has 154 valence electrons. The van der Waals surface area contributed by atoms with Crippen molar-refractivity contribution < 1.29 is 35.9 Å². The Labute approximate surface area is 153 Å². The van der Waals surface area contributed by atoms with Gasteiger partial charge in [0.25, 0.3) is 0 Å². The van der Waals surface area contributed by atoms with Gasteiger partial charge in [0.2, 0.25) is 5.91 Å². The lowest BCUT2D eigenvalue weighted by Gasteiger charge is -2.58. The van der Waals surface area contributed by atoms with Crippen LogP contribution in [-0.4, -0.2) is 54.5 Å². The molecule has 2 atom stereocenters. The molecule has 0 bridgehead atoms. The molecule has 26 heavy (non-hydrogen) atoms. The lowest BCUT2D eigenvalue weighted by Crippen LogP contribution is -2.76. The third kappa shape index (κ3) is 3.07. The predicted molar refractivity (Wildman–Crippen MR) is 83.7 cm³/mol. The Morgan fingerprint density at radius 3 is 2.04 bits per heavy atom. The number of ether oxygens (including phenoxy) is 1. The molecule has 2 aliphatic rings. The fourth-order valence-corrected chi connectivity index (χ4v) is 3.69. The maximum atomic E-state index is 13.1. The van der Waals surface area contributed by atoms with Crippen LogP contribution < -0.4 is 5.73 Å². The normalized spacial score (nSPS) is 30.5. The SMILES string of the molecule is CCOC1CC(N)(C(=O)N2CCC(C(F)(F)F)(C(F)(F)F)C2)C1(C)C.Cl. The largest absolute Gasteiger partial charge is 0.404 e. The zero-order valence-corrected chi connectivity index (χ0v) is 15.4. The maximum Gasteiger partial charge on any atom is 0.404 e. The molecule has 1 saturated heterocycles. The van der Waals surface area contributed by atoms with Crippen LogP contribution >= 0.6 is 12.4 Å². The van der Waals surface area contributed by atoms with Crippen molar-refractivity contribution in [1.82, 2.24) is 4.90 Å². The summed E-state index contributed by atoms with van der Waals surface area (Å²) in [6.07, 6.45) is -12.5. The first-order chi connectivity index (χ1) is 11.1. The molecule has 1 saturated carbocycles. The van der Waals surface area contributed by atoms with Crippen molar-refractivity contribution in [1.29, 1.82) is 0 Å². The van der Waals surface area contributed by atoms with Gasteiger partial charge < -0.3 is 15.4 Å². The average Bonchev–Trinajstić information content (AvgIpc) is 2.92. The van der Waals surface area contributed by atoms with Crippen LogP contribution in [0.25, 0.3) is 0 Å². The summed E-state index contributed by atoms with van der Waals surface area (Å²) in [6, 6.07) is 0. The van der Waals surface area contributed by atoms with Crippen molar-refractivity contribution in [2.75, 3.05) is 19.7 Å². The van der Waals surface area contributed by atoms with E-state index in [-0.39, 0.29) is 24.9 Å². The van der Waals surface area contributed by atoms with E-state index in [1.165, 1.54) is 0 Å². The van der Waals surface area contributed by atoms with Crippen LogP contribution in [0.2, 0.25) is 0 Å². The Balaban J connectivity index is 0.00000338. The third-order valence-electron chi connectivity index (χ3n) is 5.85. The molecule has 0 spiro atoms. The number of carbonyl (C=O) groups is 1. The molecule has 2 unspecified atom stereocenters. The van der Waals surface area contributed by atoms with Gasteiger partial charge >= 0.3 is 12.4 Å². The van der Waals surface area contributed by atoms with Gasteiger partial charge in [0.05, 0.1) is 6.10 Å². The van der Waals surface area contributed by atoms with Gasteiger partial charge in [-0.05, 0) is 13.3 Å². The zero-order chi connectivity index (χ0) is 19.5. The van der Waals surface area contributed by atoms with Crippen molar-refractivity contribution in [3.8, 4) is 0 Å². The van der Waals surface area contributed by atoms with E-state index in [1.54, 1.807) is 20.8 Å². The van der Waals surface area contributed by atoms with Crippen LogP contribution in [0.1, 0.15) is 33.6 Å². The topological polar surface area (TPSA) is 55.6 Å². The fourth-order valence-electron chi connectivity index (χ4n) is 3.69. The van der Waals surface area contributed by atoms with E-state index in [9.17, 15) is 31.1 Å². The van der Waals surface area contributed by atoms with E-state index in [2.05, 4.69) is 0 Å². The maximum absolute atomic E-state index is 13.1. The number of nitrogens with zero attached hydrogens (tertiary/aromatic N) is 1. The summed E-state index contributed by atoms with van der Waals surface area (Å²) in [6.45, 7) is 3.29. The second kappa shape index (κ2) is 6.70. The Hall–Kier alpha value is -0.740. The minimum absolute atomic E-state index is 0. The summed E-state index contributed by atoms with van der Waals surface area (Å²) < 4.78 is 84.3. The van der Waals surface area contributed by atoms with Crippen molar-refractivity contribution in [2.45, 2.75) is 57.6 Å². The van der Waals surface area contributed by atoms with Gasteiger partial charge in [0.15, 0.2) is 5.41 Å². The molecule has 2 fully saturated rings. The number of halogens is 7. The van der Waals surface area contributed by atoms with Crippen LogP contribution in [0.3, 0.4) is 0 Å². The fraction of sp³-hybridized carbons (Fsp3) is 0.933. The highest BCUT2D eigenvalue weighted by molar-refractivity contribution is 5.89. The highest BCUT2D eigenvalue weighted by atomic mass is 35.5. The molecule has 0 aromatic carbocycles. The Bertz CT molecular complexity index is 537. The standard InChI is InChI=1S/C15H22F6N2O2.ClH/c1-4-25-9-7-13(22,11(9,2)3)10(24)23-6-5-12(8-23,14(16,17)18)15(19,20)21;/h9H,4-8,22H2,1-3H3;1H. The van der Waals surface area contributed by atoms with E-state index >= 15 is 0 Å². The molecule has 2 N–H and O–H groups in total. The third-order valence-corrected chi connectivity index (χ3v) is 5.85. The van der Waals surface area contributed by atoms with E-state index in [0.717, 1.165) is 0 Å². The molecule has 1 aliphatic heterocycles. The number of hydrogen-bond acceptors (Lipinski definition) is 3. The smallest absolute Gasteiger partial charge is 0.378 e. The average molecular weight is 413 g/mol. The number of nitrogens with two attached hydrogens (primary N) is 1. The van der Waals surface area contributed by atoms with Gasteiger partial charge in [-0.15, -0.1) is 12.4 Å². The minimum Gasteiger partial charge on any atom is -0.378 e. The molecule has 2 rings (SSSR count). The van der Waals surface area contributed by atoms with Crippen LogP contribution in [-0.2, 0) is 9.53 Å². The molecule has 11 heteroatoms. The van der Waals surface area contributed by atoms with E-state index in [0.29, 0.717) is 11.5 Å². The highest BCUT2D eigenvalue weighted by Crippen LogP contribution is 2.57. The number of carbonyl (C=O) groups excluding carboxylic acids is 1. The van der Waals surface area contributed by atoms with E-state index < -0.39 is 54.1 Å². The van der Waals surface area contributed by atoms with Crippen LogP contribution in [0.4, 0.5) is 26.3 Å². The van der Waals surface area contributed by atoms with Gasteiger partial charge in [0, 0.05) is 31.5 Å². The molecular formula is C15H23ClF6N2O2. The Kier molecular flexibility index (Phi) is 6.00. The van der Waals surface area contributed by atoms with Crippen molar-refractivity contribution in [3.63, 3.8) is 0 Å². The molecule has 0 aromatic rings. The van der Waals surface area contributed by atoms with Crippen LogP contribution in [0.15, 0.2) is 0 Å². The Morgan fingerprint density at radius 1 is 1.19 bits per heavy atom. The van der Waals surface area contributed by atoms with Crippen LogP contribution in [0.5, 0.6) is 0 Å². The number of amides is 1. The van der Waals surface area contributed by atoms with Gasteiger partial charge in [-0.3, -0.25) is 4.79 Å². The molecule has 0 aromatic heterocycles. The van der Waals surface area contributed by atoms with Gasteiger partial charge in [-0.25, -0.2) is 0 Å². The van der Waals surface area contributed by atoms with Crippen molar-refractivity contribution >= 4 is 18.3 Å². The molecule has 0 radical (unpaired) electrons. The summed E-state index contributed by atoms with van der Waals surface area (Å²) in [7, 11) is 0. The molecular weight excluding hydrogens is 390 g/mol. The summed E-state index contributed by atoms with van der Waals surface area (Å²) in [5, 5.41) is 0. The number of rotatable bonds is 3. The lowest BCUT2D eigenvalue weighted by molar-refractivity contribution is -0.335. The summed E-state index contributed by atoms with van der Waals surface area (Å²) in [5.41, 5.74) is -0.235. The molecule has 1 aliphatic carbocycles. The molecule has 1 amide bonds. The molecule has 1 heterocycles. The van der Waals surface area contributed by atoms with Gasteiger partial charge in [0.1, 0.15) is 5.54 Å². The predicted octanol–water partition coefficient (Wildman–Crippen LogP) is 3.28. The second-order valence-electron chi connectivity index (χ2n) is 7.40.